The Bertz CT molecular complexity index is 1120. The molecule has 2 unspecified atom stereocenters. The van der Waals surface area contributed by atoms with E-state index in [1.54, 1.807) is 0 Å². The second-order valence-corrected chi connectivity index (χ2v) is 8.18. The molecule has 0 spiro atoms. The van der Waals surface area contributed by atoms with Gasteiger partial charge >= 0.3 is 6.09 Å². The SMILES string of the molecule is COc1cc(C(O)C(O)CNC(=O)OCC2c3ccccc3-c3ccccc32)cc(Cl)c1O. The maximum absolute atomic E-state index is 12.3. The van der Waals surface area contributed by atoms with Crippen LogP contribution in [0.3, 0.4) is 0 Å². The maximum atomic E-state index is 12.3. The number of methoxy groups -OCH3 is 1. The summed E-state index contributed by atoms with van der Waals surface area (Å²) < 4.78 is 10.4. The molecule has 0 aliphatic heterocycles. The summed E-state index contributed by atoms with van der Waals surface area (Å²) in [4.78, 5) is 12.3. The van der Waals surface area contributed by atoms with Crippen molar-refractivity contribution >= 4 is 17.7 Å². The van der Waals surface area contributed by atoms with Crippen LogP contribution in [0.15, 0.2) is 60.7 Å². The number of hydrogen-bond donors (Lipinski definition) is 4. The predicted octanol–water partition coefficient (Wildman–Crippen LogP) is 3.99. The van der Waals surface area contributed by atoms with E-state index in [4.69, 9.17) is 21.1 Å². The molecule has 33 heavy (non-hydrogen) atoms. The number of ether oxygens (including phenoxy) is 2. The molecule has 0 saturated heterocycles. The molecule has 2 atom stereocenters. The van der Waals surface area contributed by atoms with E-state index in [-0.39, 0.29) is 41.2 Å². The predicted molar refractivity (Wildman–Crippen MR) is 124 cm³/mol. The van der Waals surface area contributed by atoms with Gasteiger partial charge in [-0.25, -0.2) is 4.79 Å². The fourth-order valence-corrected chi connectivity index (χ4v) is 4.31. The third-order valence-corrected chi connectivity index (χ3v) is 6.06. The molecule has 8 heteroatoms. The maximum Gasteiger partial charge on any atom is 0.407 e. The lowest BCUT2D eigenvalue weighted by Gasteiger charge is -2.20. The van der Waals surface area contributed by atoms with E-state index in [0.717, 1.165) is 22.3 Å². The number of carbonyl (C=O) groups is 1. The highest BCUT2D eigenvalue weighted by atomic mass is 35.5. The standard InChI is InChI=1S/C25H24ClNO6/c1-32-22-11-14(10-20(26)24(22)30)23(29)21(28)12-27-25(31)33-13-19-17-8-4-2-6-15(17)16-7-3-5-9-18(16)19/h2-11,19,21,23,28-30H,12-13H2,1H3,(H,27,31). The van der Waals surface area contributed by atoms with Crippen molar-refractivity contribution in [2.45, 2.75) is 18.1 Å². The zero-order valence-corrected chi connectivity index (χ0v) is 18.6. The highest BCUT2D eigenvalue weighted by Crippen LogP contribution is 2.44. The lowest BCUT2D eigenvalue weighted by atomic mass is 9.98. The lowest BCUT2D eigenvalue weighted by Crippen LogP contribution is -2.36. The van der Waals surface area contributed by atoms with Gasteiger partial charge < -0.3 is 30.1 Å². The zero-order valence-electron chi connectivity index (χ0n) is 17.9. The summed E-state index contributed by atoms with van der Waals surface area (Å²) >= 11 is 5.94. The number of phenolic OH excluding ortho intramolecular Hbond substituents is 1. The van der Waals surface area contributed by atoms with Gasteiger partial charge in [-0.15, -0.1) is 0 Å². The van der Waals surface area contributed by atoms with Crippen LogP contribution >= 0.6 is 11.6 Å². The monoisotopic (exact) mass is 469 g/mol. The molecule has 4 rings (SSSR count). The molecule has 172 valence electrons. The third kappa shape index (κ3) is 4.61. The zero-order chi connectivity index (χ0) is 23.5. The normalized spacial score (nSPS) is 14.2. The first-order valence-corrected chi connectivity index (χ1v) is 10.8. The third-order valence-electron chi connectivity index (χ3n) is 5.78. The molecule has 0 bridgehead atoms. The Balaban J connectivity index is 1.35. The molecule has 0 aromatic heterocycles. The molecule has 3 aromatic carbocycles. The quantitative estimate of drug-likeness (QED) is 0.416. The number of aliphatic hydroxyl groups is 2. The minimum Gasteiger partial charge on any atom is -0.503 e. The van der Waals surface area contributed by atoms with E-state index >= 15 is 0 Å². The van der Waals surface area contributed by atoms with Crippen LogP contribution in [0.1, 0.15) is 28.7 Å². The molecule has 7 nitrogen and oxygen atoms in total. The number of amides is 1. The number of fused-ring (bicyclic) bond motifs is 3. The molecule has 0 saturated carbocycles. The molecule has 1 aliphatic carbocycles. The summed E-state index contributed by atoms with van der Waals surface area (Å²) in [6.07, 6.45) is -3.41. The van der Waals surface area contributed by atoms with Crippen molar-refractivity contribution in [2.24, 2.45) is 0 Å². The number of phenols is 1. The van der Waals surface area contributed by atoms with Crippen LogP contribution in [0.25, 0.3) is 11.1 Å². The van der Waals surface area contributed by atoms with Crippen molar-refractivity contribution in [3.8, 4) is 22.6 Å². The van der Waals surface area contributed by atoms with E-state index in [2.05, 4.69) is 17.4 Å². The Morgan fingerprint density at radius 2 is 1.67 bits per heavy atom. The van der Waals surface area contributed by atoms with Gasteiger partial charge in [-0.2, -0.15) is 0 Å². The van der Waals surface area contributed by atoms with Crippen LogP contribution in [-0.4, -0.2) is 47.8 Å². The molecular weight excluding hydrogens is 446 g/mol. The first kappa shape index (κ1) is 22.9. The van der Waals surface area contributed by atoms with Gasteiger partial charge in [0.2, 0.25) is 0 Å². The highest BCUT2D eigenvalue weighted by Gasteiger charge is 2.29. The molecule has 4 N–H and O–H groups in total. The summed E-state index contributed by atoms with van der Waals surface area (Å²) in [7, 11) is 1.34. The second kappa shape index (κ2) is 9.70. The second-order valence-electron chi connectivity index (χ2n) is 7.77. The number of halogens is 1. The van der Waals surface area contributed by atoms with Gasteiger partial charge in [-0.3, -0.25) is 0 Å². The number of rotatable bonds is 7. The molecule has 3 aromatic rings. The van der Waals surface area contributed by atoms with E-state index in [0.29, 0.717) is 0 Å². The number of alkyl carbamates (subject to hydrolysis) is 1. The number of benzene rings is 3. The van der Waals surface area contributed by atoms with Crippen molar-refractivity contribution in [1.29, 1.82) is 0 Å². The minimum absolute atomic E-state index is 0.0277. The highest BCUT2D eigenvalue weighted by molar-refractivity contribution is 6.32. The molecule has 0 fully saturated rings. The smallest absolute Gasteiger partial charge is 0.407 e. The number of hydrogen-bond acceptors (Lipinski definition) is 6. The number of nitrogens with one attached hydrogen (secondary N) is 1. The Labute approximate surface area is 196 Å². The van der Waals surface area contributed by atoms with Gasteiger partial charge in [0.1, 0.15) is 18.8 Å². The molecular formula is C25H24ClNO6. The lowest BCUT2D eigenvalue weighted by molar-refractivity contribution is 0.0184. The topological polar surface area (TPSA) is 108 Å². The average Bonchev–Trinajstić information content (AvgIpc) is 3.16. The summed E-state index contributed by atoms with van der Waals surface area (Å²) in [5.74, 6) is -0.278. The van der Waals surface area contributed by atoms with Crippen LogP contribution < -0.4 is 10.1 Å². The van der Waals surface area contributed by atoms with E-state index < -0.39 is 18.3 Å². The van der Waals surface area contributed by atoms with Crippen molar-refractivity contribution in [3.05, 3.63) is 82.4 Å². The molecule has 0 heterocycles. The van der Waals surface area contributed by atoms with E-state index in [1.807, 2.05) is 36.4 Å². The van der Waals surface area contributed by atoms with Gasteiger partial charge in [0.25, 0.3) is 0 Å². The summed E-state index contributed by atoms with van der Waals surface area (Å²) in [5.41, 5.74) is 4.68. The summed E-state index contributed by atoms with van der Waals surface area (Å²) in [6, 6.07) is 18.7. The minimum atomic E-state index is -1.37. The van der Waals surface area contributed by atoms with Crippen molar-refractivity contribution in [3.63, 3.8) is 0 Å². The van der Waals surface area contributed by atoms with Crippen molar-refractivity contribution in [2.75, 3.05) is 20.3 Å². The first-order valence-electron chi connectivity index (χ1n) is 10.4. The summed E-state index contributed by atoms with van der Waals surface area (Å²) in [5, 5.41) is 33.0. The van der Waals surface area contributed by atoms with Crippen LogP contribution in [-0.2, 0) is 4.74 Å². The molecule has 1 amide bonds. The Hall–Kier alpha value is -3.26. The fraction of sp³-hybridized carbons (Fsp3) is 0.240. The Morgan fingerprint density at radius 3 is 2.27 bits per heavy atom. The number of aromatic hydroxyl groups is 1. The largest absolute Gasteiger partial charge is 0.503 e. The van der Waals surface area contributed by atoms with E-state index in [1.165, 1.54) is 19.2 Å². The number of carbonyl (C=O) groups excluding carboxylic acids is 1. The summed E-state index contributed by atoms with van der Waals surface area (Å²) in [6.45, 7) is -0.109. The average molecular weight is 470 g/mol. The molecule has 0 radical (unpaired) electrons. The van der Waals surface area contributed by atoms with Crippen LogP contribution in [0.4, 0.5) is 4.79 Å². The van der Waals surface area contributed by atoms with Gasteiger partial charge in [0.05, 0.1) is 12.1 Å². The van der Waals surface area contributed by atoms with Crippen LogP contribution in [0.5, 0.6) is 11.5 Å². The van der Waals surface area contributed by atoms with Gasteiger partial charge in [0.15, 0.2) is 11.5 Å². The first-order chi connectivity index (χ1) is 15.9. The number of aliphatic hydroxyl groups excluding tert-OH is 2. The van der Waals surface area contributed by atoms with Gasteiger partial charge in [-0.1, -0.05) is 60.1 Å². The van der Waals surface area contributed by atoms with Crippen LogP contribution in [0.2, 0.25) is 5.02 Å². The van der Waals surface area contributed by atoms with Gasteiger partial charge in [0, 0.05) is 12.5 Å². The Kier molecular flexibility index (Phi) is 6.74. The fourth-order valence-electron chi connectivity index (χ4n) is 4.09. The Morgan fingerprint density at radius 1 is 1.06 bits per heavy atom. The van der Waals surface area contributed by atoms with Crippen molar-refractivity contribution in [1.82, 2.24) is 5.32 Å². The van der Waals surface area contributed by atoms with E-state index in [9.17, 15) is 20.1 Å². The molecule has 1 aliphatic rings. The van der Waals surface area contributed by atoms with Crippen molar-refractivity contribution < 1.29 is 29.6 Å². The van der Waals surface area contributed by atoms with Crippen LogP contribution in [0, 0.1) is 0 Å². The van der Waals surface area contributed by atoms with Gasteiger partial charge in [-0.05, 0) is 39.9 Å².